The largest absolute Gasteiger partial charge is 0.450 e. The molecule has 0 unspecified atom stereocenters. The smallest absolute Gasteiger partial charge is 0.264 e. The number of nitrogens with zero attached hydrogens (tertiary/aromatic N) is 2. The molecule has 1 aliphatic rings. The van der Waals surface area contributed by atoms with Gasteiger partial charge in [0.15, 0.2) is 15.4 Å². The first-order valence-electron chi connectivity index (χ1n) is 9.21. The molecular formula is C22H16N4O2S2. The Morgan fingerprint density at radius 3 is 2.77 bits per heavy atom. The number of benzene rings is 2. The first-order valence-corrected chi connectivity index (χ1v) is 10.8. The molecule has 2 aromatic heterocycles. The minimum atomic E-state index is -0.186. The second-order valence-electron chi connectivity index (χ2n) is 6.64. The molecule has 5 rings (SSSR count). The van der Waals surface area contributed by atoms with Crippen molar-refractivity contribution in [1.29, 1.82) is 0 Å². The number of furan rings is 1. The van der Waals surface area contributed by atoms with Crippen LogP contribution in [-0.2, 0) is 4.79 Å². The zero-order valence-electron chi connectivity index (χ0n) is 15.9. The van der Waals surface area contributed by atoms with Crippen LogP contribution in [0.4, 0.5) is 5.69 Å². The van der Waals surface area contributed by atoms with E-state index in [1.54, 1.807) is 6.08 Å². The summed E-state index contributed by atoms with van der Waals surface area (Å²) < 4.78 is 5.85. The maximum atomic E-state index is 12.3. The highest BCUT2D eigenvalue weighted by Crippen LogP contribution is 2.32. The van der Waals surface area contributed by atoms with Crippen molar-refractivity contribution in [2.24, 2.45) is 4.99 Å². The van der Waals surface area contributed by atoms with Crippen LogP contribution in [0.5, 0.6) is 0 Å². The molecule has 30 heavy (non-hydrogen) atoms. The molecule has 1 saturated heterocycles. The number of carbonyl (C=O) groups excluding carboxylic acids is 1. The molecule has 0 saturated carbocycles. The predicted octanol–water partition coefficient (Wildman–Crippen LogP) is 5.51. The summed E-state index contributed by atoms with van der Waals surface area (Å²) in [5, 5.41) is 4.79. The fraction of sp³-hybridized carbons (Fsp3) is 0.0455. The number of thioether (sulfide) groups is 1. The Kier molecular flexibility index (Phi) is 4.94. The van der Waals surface area contributed by atoms with Gasteiger partial charge in [0.2, 0.25) is 0 Å². The number of aromatic amines is 1. The van der Waals surface area contributed by atoms with Crippen LogP contribution in [0.25, 0.3) is 17.1 Å². The van der Waals surface area contributed by atoms with E-state index >= 15 is 0 Å². The standard InChI is InChI=1S/C22H16N4O2S2/c1-13-6-8-14(9-7-13)23-21-26-20(27)18(29-21)12-15-10-11-19(28-15)30-22-24-16-4-2-3-5-17(16)25-22/h2-12H,1H3,(H,24,25)(H,23,26,27)/b18-12-. The van der Waals surface area contributed by atoms with Gasteiger partial charge in [-0.25, -0.2) is 9.98 Å². The molecule has 148 valence electrons. The number of amidine groups is 1. The molecule has 8 heteroatoms. The van der Waals surface area contributed by atoms with Crippen molar-refractivity contribution in [2.75, 3.05) is 0 Å². The van der Waals surface area contributed by atoms with Crippen molar-refractivity contribution in [1.82, 2.24) is 15.3 Å². The Bertz CT molecular complexity index is 1270. The molecule has 0 spiro atoms. The molecule has 3 heterocycles. The average Bonchev–Trinajstić information content (AvgIpc) is 3.43. The number of amides is 1. The number of para-hydroxylation sites is 2. The number of H-pyrrole nitrogens is 1. The number of carbonyl (C=O) groups is 1. The van der Waals surface area contributed by atoms with Gasteiger partial charge < -0.3 is 14.7 Å². The van der Waals surface area contributed by atoms with Gasteiger partial charge in [0.1, 0.15) is 5.76 Å². The zero-order chi connectivity index (χ0) is 20.5. The monoisotopic (exact) mass is 432 g/mol. The molecule has 0 radical (unpaired) electrons. The van der Waals surface area contributed by atoms with E-state index in [-0.39, 0.29) is 5.91 Å². The molecule has 2 N–H and O–H groups in total. The van der Waals surface area contributed by atoms with E-state index in [1.165, 1.54) is 23.5 Å². The number of aryl methyl sites for hydroxylation is 1. The first-order chi connectivity index (χ1) is 14.6. The molecule has 2 aromatic carbocycles. The summed E-state index contributed by atoms with van der Waals surface area (Å²) in [5.74, 6) is 0.414. The number of nitrogens with one attached hydrogen (secondary N) is 2. The molecule has 0 aliphatic carbocycles. The number of hydrogen-bond donors (Lipinski definition) is 2. The summed E-state index contributed by atoms with van der Waals surface area (Å²) in [4.78, 5) is 25.1. The van der Waals surface area contributed by atoms with Crippen LogP contribution in [0.1, 0.15) is 11.3 Å². The minimum absolute atomic E-state index is 0.186. The summed E-state index contributed by atoms with van der Waals surface area (Å²) in [6, 6.07) is 19.4. The Morgan fingerprint density at radius 2 is 1.93 bits per heavy atom. The highest BCUT2D eigenvalue weighted by molar-refractivity contribution is 8.18. The number of hydrogen-bond acceptors (Lipinski definition) is 6. The van der Waals surface area contributed by atoms with E-state index in [4.69, 9.17) is 4.42 Å². The van der Waals surface area contributed by atoms with Crippen molar-refractivity contribution in [3.05, 3.63) is 76.9 Å². The Balaban J connectivity index is 1.31. The van der Waals surface area contributed by atoms with Crippen molar-refractivity contribution in [2.45, 2.75) is 17.2 Å². The Morgan fingerprint density at radius 1 is 1.10 bits per heavy atom. The minimum Gasteiger partial charge on any atom is -0.450 e. The van der Waals surface area contributed by atoms with Gasteiger partial charge in [-0.3, -0.25) is 4.79 Å². The summed E-state index contributed by atoms with van der Waals surface area (Å²) in [6.45, 7) is 2.02. The summed E-state index contributed by atoms with van der Waals surface area (Å²) >= 11 is 2.70. The van der Waals surface area contributed by atoms with E-state index in [0.717, 1.165) is 27.4 Å². The van der Waals surface area contributed by atoms with Gasteiger partial charge in [-0.05, 0) is 66.8 Å². The van der Waals surface area contributed by atoms with Crippen LogP contribution < -0.4 is 5.32 Å². The first kappa shape index (κ1) is 18.8. The lowest BCUT2D eigenvalue weighted by Crippen LogP contribution is -2.19. The number of imidazole rings is 1. The van der Waals surface area contributed by atoms with Crippen molar-refractivity contribution in [3.63, 3.8) is 0 Å². The van der Waals surface area contributed by atoms with Gasteiger partial charge in [0, 0.05) is 6.08 Å². The van der Waals surface area contributed by atoms with Crippen molar-refractivity contribution >= 4 is 57.4 Å². The van der Waals surface area contributed by atoms with Crippen LogP contribution >= 0.6 is 23.5 Å². The topological polar surface area (TPSA) is 83.3 Å². The average molecular weight is 433 g/mol. The fourth-order valence-electron chi connectivity index (χ4n) is 2.89. The third kappa shape index (κ3) is 4.05. The molecule has 4 aromatic rings. The lowest BCUT2D eigenvalue weighted by Gasteiger charge is -1.96. The lowest BCUT2D eigenvalue weighted by molar-refractivity contribution is -0.115. The van der Waals surface area contributed by atoms with Gasteiger partial charge in [-0.15, -0.1) is 0 Å². The quantitative estimate of drug-likeness (QED) is 0.416. The number of rotatable bonds is 4. The molecule has 1 fully saturated rings. The van der Waals surface area contributed by atoms with Crippen LogP contribution in [0.2, 0.25) is 0 Å². The van der Waals surface area contributed by atoms with Crippen LogP contribution in [0.3, 0.4) is 0 Å². The van der Waals surface area contributed by atoms with E-state index in [9.17, 15) is 4.79 Å². The maximum Gasteiger partial charge on any atom is 0.264 e. The van der Waals surface area contributed by atoms with Crippen LogP contribution in [-0.4, -0.2) is 21.0 Å². The summed E-state index contributed by atoms with van der Waals surface area (Å²) in [5.41, 5.74) is 3.85. The Labute approximate surface area is 180 Å². The zero-order valence-corrected chi connectivity index (χ0v) is 17.5. The molecule has 1 aliphatic heterocycles. The third-order valence-corrected chi connectivity index (χ3v) is 6.07. The second kappa shape index (κ2) is 7.89. The van der Waals surface area contributed by atoms with E-state index < -0.39 is 0 Å². The summed E-state index contributed by atoms with van der Waals surface area (Å²) in [6.07, 6.45) is 1.72. The SMILES string of the molecule is Cc1ccc(N=C2NC(=O)/C(=C/c3ccc(Sc4nc5ccccc5[nH]4)o3)S2)cc1. The number of fused-ring (bicyclic) bond motifs is 1. The van der Waals surface area contributed by atoms with Gasteiger partial charge in [0.25, 0.3) is 5.91 Å². The highest BCUT2D eigenvalue weighted by Gasteiger charge is 2.24. The fourth-order valence-corrected chi connectivity index (χ4v) is 4.48. The molecule has 6 nitrogen and oxygen atoms in total. The van der Waals surface area contributed by atoms with Gasteiger partial charge >= 0.3 is 0 Å². The van der Waals surface area contributed by atoms with Gasteiger partial charge in [-0.2, -0.15) is 0 Å². The van der Waals surface area contributed by atoms with Crippen LogP contribution in [0.15, 0.2) is 85.2 Å². The third-order valence-electron chi connectivity index (χ3n) is 4.36. The molecular weight excluding hydrogens is 416 g/mol. The van der Waals surface area contributed by atoms with Gasteiger partial charge in [-0.1, -0.05) is 29.8 Å². The van der Waals surface area contributed by atoms with E-state index in [1.807, 2.05) is 67.6 Å². The molecule has 0 atom stereocenters. The predicted molar refractivity (Wildman–Crippen MR) is 121 cm³/mol. The van der Waals surface area contributed by atoms with Crippen LogP contribution in [0, 0.1) is 6.92 Å². The van der Waals surface area contributed by atoms with Gasteiger partial charge in [0.05, 0.1) is 21.6 Å². The molecule has 0 bridgehead atoms. The normalized spacial score (nSPS) is 16.6. The van der Waals surface area contributed by atoms with Crippen molar-refractivity contribution < 1.29 is 9.21 Å². The second-order valence-corrected chi connectivity index (χ2v) is 8.66. The van der Waals surface area contributed by atoms with E-state index in [2.05, 4.69) is 20.3 Å². The van der Waals surface area contributed by atoms with Crippen molar-refractivity contribution in [3.8, 4) is 0 Å². The number of aliphatic imine (C=N–C) groups is 1. The number of aromatic nitrogens is 2. The highest BCUT2D eigenvalue weighted by atomic mass is 32.2. The maximum absolute atomic E-state index is 12.3. The molecule has 1 amide bonds. The van der Waals surface area contributed by atoms with E-state index in [0.29, 0.717) is 20.9 Å². The lowest BCUT2D eigenvalue weighted by atomic mass is 10.2. The Hall–Kier alpha value is -3.23. The summed E-state index contributed by atoms with van der Waals surface area (Å²) in [7, 11) is 0.